The van der Waals surface area contributed by atoms with Gasteiger partial charge < -0.3 is 0 Å². The monoisotopic (exact) mass is 1780 g/mol. The molecule has 16 heteroatoms. The maximum atomic E-state index is 5.13. The molecule has 0 saturated carbocycles. The van der Waals surface area contributed by atoms with Gasteiger partial charge in [0.25, 0.3) is 0 Å². The van der Waals surface area contributed by atoms with Crippen molar-refractivity contribution < 1.29 is 0 Å². The maximum absolute atomic E-state index is 5.13. The SMILES string of the molecule is c1ccc2c(c1)Cc1cc3c(cc1-2)-c1cc2c(cc1C3)nc1c3cccnc3c3ccncc3n21.c1ccc2c(c1)Cc1cc3c(cc1-2)-c1cc2c(cc1C3)nc1c3ccncc3c3ccncc3n21.c1ccc2c(c1)Cc1cc3c(cc1-2)-c1cc2c(cc1C3)nc1c3cnccc3c3ccncc3n21.c1ccc2c(c1)Cc1cc3c(cc1-2)-c1cc2c(cc1C3)nc1c3ncccc3c3ccncc3n21. The zero-order valence-electron chi connectivity index (χ0n) is 75.1. The molecule has 36 rings (SSSR count). The summed E-state index contributed by atoms with van der Waals surface area (Å²) in [5.74, 6) is 0. The molecule has 0 amide bonds. The van der Waals surface area contributed by atoms with E-state index in [0.29, 0.717) is 0 Å². The van der Waals surface area contributed by atoms with Crippen LogP contribution < -0.4 is 0 Å². The third-order valence-corrected chi connectivity index (χ3v) is 31.8. The fourth-order valence-corrected chi connectivity index (χ4v) is 25.6. The van der Waals surface area contributed by atoms with Crippen LogP contribution in [-0.4, -0.2) is 77.4 Å². The summed E-state index contributed by atoms with van der Waals surface area (Å²) in [6.45, 7) is 0. The standard InChI is InChI=1S/4C31H18N4/c1-2-5-21-17(4-1)10-18-11-19-12-20-13-27-28(15-26(20)25(19)14-24(18)21)35-29-16-32-9-7-22(29)30-23(31(35)34-27)6-3-8-33-30;1-2-5-21-17(4-1)10-18-11-19-12-20-13-27-28(15-26(20)25(19)14-24(18)21)35-29-16-32-9-7-22(29)23-6-3-8-33-30(23)31(35)34-27;1-2-4-21-17(3-1)9-18-10-19-11-20-12-28-29(14-26(20)25(19)13-24(18)21)35-30-16-33-7-5-22(30)27-15-32-8-6-23(27)31(35)34-28;1-2-4-21-17(3-1)9-18-10-19-11-20-12-28-29(14-26(20)25(19)13-24(18)21)35-30-16-33-8-6-23(30)22-5-7-32-15-27(22)31(35)34-28/h2*1-9,11,13-16H,10,12H2;2*1-8,10,12-16H,9,11H2. The molecule has 12 aromatic carbocycles. The van der Waals surface area contributed by atoms with Gasteiger partial charge in [-0.2, -0.15) is 0 Å². The number of rotatable bonds is 0. The summed E-state index contributed by atoms with van der Waals surface area (Å²) in [5.41, 5.74) is 62.9. The fraction of sp³-hybridized carbons (Fsp3) is 0.0645. The molecule has 0 bridgehead atoms. The maximum Gasteiger partial charge on any atom is 0.165 e. The summed E-state index contributed by atoms with van der Waals surface area (Å²) < 4.78 is 9.06. The van der Waals surface area contributed by atoms with E-state index in [1.807, 2.05) is 98.9 Å². The summed E-state index contributed by atoms with van der Waals surface area (Å²) in [5, 5.41) is 11.2. The molecule has 140 heavy (non-hydrogen) atoms. The van der Waals surface area contributed by atoms with Crippen LogP contribution in [0.3, 0.4) is 0 Å². The number of fused-ring (bicyclic) bond motifs is 56. The third kappa shape index (κ3) is 10.5. The predicted octanol–water partition coefficient (Wildman–Crippen LogP) is 26.9. The number of hydrogen-bond donors (Lipinski definition) is 0. The second-order valence-corrected chi connectivity index (χ2v) is 39.0. The van der Waals surface area contributed by atoms with Gasteiger partial charge in [0.05, 0.1) is 96.5 Å². The van der Waals surface area contributed by atoms with E-state index in [9.17, 15) is 0 Å². The minimum absolute atomic E-state index is 0.892. The zero-order chi connectivity index (χ0) is 90.7. The zero-order valence-corrected chi connectivity index (χ0v) is 75.1. The van der Waals surface area contributed by atoms with Gasteiger partial charge >= 0.3 is 0 Å². The van der Waals surface area contributed by atoms with Gasteiger partial charge in [-0.25, -0.2) is 19.9 Å². The van der Waals surface area contributed by atoms with Crippen LogP contribution in [0.2, 0.25) is 0 Å². The molecule has 8 aliphatic rings. The Balaban J connectivity index is 0.0000000829. The number of imidazole rings is 4. The first-order valence-corrected chi connectivity index (χ1v) is 48.1. The first-order chi connectivity index (χ1) is 69.3. The summed E-state index contributed by atoms with van der Waals surface area (Å²) >= 11 is 0. The Hall–Kier alpha value is -18.3. The van der Waals surface area contributed by atoms with Crippen molar-refractivity contribution in [3.8, 4) is 89.0 Å². The predicted molar refractivity (Wildman–Crippen MR) is 559 cm³/mol. The van der Waals surface area contributed by atoms with Crippen LogP contribution in [-0.2, 0) is 51.4 Å². The molecule has 0 saturated heterocycles. The van der Waals surface area contributed by atoms with Crippen LogP contribution in [0.5, 0.6) is 0 Å². The van der Waals surface area contributed by atoms with Crippen molar-refractivity contribution in [2.45, 2.75) is 51.4 Å². The highest BCUT2D eigenvalue weighted by Gasteiger charge is 2.34. The quantitative estimate of drug-likeness (QED) is 0.132. The molecule has 0 aliphatic heterocycles. The molecule has 0 atom stereocenters. The van der Waals surface area contributed by atoms with Crippen LogP contribution in [0.15, 0.2) is 342 Å². The van der Waals surface area contributed by atoms with Crippen LogP contribution in [0, 0.1) is 0 Å². The van der Waals surface area contributed by atoms with Crippen molar-refractivity contribution in [2.75, 3.05) is 0 Å². The number of aromatic nitrogens is 16. The van der Waals surface area contributed by atoms with Crippen LogP contribution in [0.25, 0.3) is 243 Å². The van der Waals surface area contributed by atoms with E-state index in [0.717, 1.165) is 200 Å². The summed E-state index contributed by atoms with van der Waals surface area (Å²) in [4.78, 5) is 56.5. The molecule has 0 fully saturated rings. The lowest BCUT2D eigenvalue weighted by atomic mass is 9.98. The van der Waals surface area contributed by atoms with E-state index >= 15 is 0 Å². The number of pyridine rings is 12. The Labute approximate surface area is 796 Å². The molecule has 16 aromatic heterocycles. The topological polar surface area (TPSA) is 172 Å². The van der Waals surface area contributed by atoms with Crippen LogP contribution in [0.4, 0.5) is 0 Å². The Morgan fingerprint density at radius 2 is 0.429 bits per heavy atom. The first-order valence-electron chi connectivity index (χ1n) is 48.1. The lowest BCUT2D eigenvalue weighted by molar-refractivity contribution is 1.21. The van der Waals surface area contributed by atoms with Crippen molar-refractivity contribution >= 4 is 154 Å². The van der Waals surface area contributed by atoms with E-state index in [2.05, 4.69) is 290 Å². The van der Waals surface area contributed by atoms with Gasteiger partial charge in [-0.3, -0.25) is 57.5 Å². The Morgan fingerprint density at radius 3 is 0.836 bits per heavy atom. The van der Waals surface area contributed by atoms with E-state index in [1.54, 1.807) is 0 Å². The summed E-state index contributed by atoms with van der Waals surface area (Å²) in [7, 11) is 0. The van der Waals surface area contributed by atoms with Gasteiger partial charge in [0, 0.05) is 110 Å². The van der Waals surface area contributed by atoms with E-state index in [1.165, 1.54) is 183 Å². The van der Waals surface area contributed by atoms with Crippen LogP contribution >= 0.6 is 0 Å². The van der Waals surface area contributed by atoms with Gasteiger partial charge in [0.15, 0.2) is 5.65 Å². The second-order valence-electron chi connectivity index (χ2n) is 39.0. The second kappa shape index (κ2) is 27.7. The number of hydrogen-bond acceptors (Lipinski definition) is 12. The Morgan fingerprint density at radius 1 is 0.157 bits per heavy atom. The highest BCUT2D eigenvalue weighted by Crippen LogP contribution is 2.53. The molecule has 16 heterocycles. The van der Waals surface area contributed by atoms with Gasteiger partial charge in [0.1, 0.15) is 22.5 Å². The summed E-state index contributed by atoms with van der Waals surface area (Å²) in [6.07, 6.45) is 34.4. The van der Waals surface area contributed by atoms with E-state index in [-0.39, 0.29) is 0 Å². The van der Waals surface area contributed by atoms with E-state index in [4.69, 9.17) is 29.9 Å². The molecule has 8 aliphatic carbocycles. The Kier molecular flexibility index (Phi) is 14.9. The normalized spacial score (nSPS) is 13.5. The minimum Gasteiger partial charge on any atom is -0.290 e. The minimum atomic E-state index is 0.892. The molecular formula is C124H72N16. The average Bonchev–Trinajstić information content (AvgIpc) is 1.56. The third-order valence-electron chi connectivity index (χ3n) is 31.8. The smallest absolute Gasteiger partial charge is 0.165 e. The van der Waals surface area contributed by atoms with Crippen molar-refractivity contribution in [1.82, 2.24) is 77.4 Å². The molecule has 28 aromatic rings. The van der Waals surface area contributed by atoms with Crippen molar-refractivity contribution in [3.63, 3.8) is 0 Å². The fourth-order valence-electron chi connectivity index (χ4n) is 25.6. The molecule has 648 valence electrons. The van der Waals surface area contributed by atoms with Crippen molar-refractivity contribution in [2.24, 2.45) is 0 Å². The van der Waals surface area contributed by atoms with Gasteiger partial charge in [0.2, 0.25) is 0 Å². The van der Waals surface area contributed by atoms with Crippen molar-refractivity contribution in [3.05, 3.63) is 431 Å². The summed E-state index contributed by atoms with van der Waals surface area (Å²) in [6, 6.07) is 93.9. The molecule has 0 unspecified atom stereocenters. The van der Waals surface area contributed by atoms with Gasteiger partial charge in [-0.15, -0.1) is 0 Å². The largest absolute Gasteiger partial charge is 0.290 e. The Bertz CT molecular complexity index is 9460. The van der Waals surface area contributed by atoms with Crippen LogP contribution in [0.1, 0.15) is 89.0 Å². The molecular weight excluding hydrogens is 1710 g/mol. The molecule has 0 spiro atoms. The van der Waals surface area contributed by atoms with Gasteiger partial charge in [-0.1, -0.05) is 127 Å². The highest BCUT2D eigenvalue weighted by molar-refractivity contribution is 6.18. The lowest BCUT2D eigenvalue weighted by Gasteiger charge is -2.09. The number of benzene rings is 12. The molecule has 0 radical (unpaired) electrons. The van der Waals surface area contributed by atoms with Gasteiger partial charge in [-0.05, 0) is 362 Å². The first kappa shape index (κ1) is 75.1. The lowest BCUT2D eigenvalue weighted by Crippen LogP contribution is -1.93. The van der Waals surface area contributed by atoms with Crippen molar-refractivity contribution in [1.29, 1.82) is 0 Å². The van der Waals surface area contributed by atoms with E-state index < -0.39 is 0 Å². The average molecular weight is 1790 g/mol. The molecule has 16 nitrogen and oxygen atoms in total. The molecule has 0 N–H and O–H groups in total. The highest BCUT2D eigenvalue weighted by atomic mass is 15.1. The number of nitrogens with zero attached hydrogens (tertiary/aromatic N) is 16.